The first-order chi connectivity index (χ1) is 8.65. The van der Waals surface area contributed by atoms with E-state index < -0.39 is 11.6 Å². The molecule has 0 saturated carbocycles. The molecule has 1 N–H and O–H groups in total. The minimum Gasteiger partial charge on any atom is -0.504 e. The largest absolute Gasteiger partial charge is 0.504 e. The Morgan fingerprint density at radius 1 is 1.00 bits per heavy atom. The molecule has 0 unspecified atom stereocenters. The van der Waals surface area contributed by atoms with Gasteiger partial charge in [0.1, 0.15) is 6.29 Å². The molecular formula is C14H9FO3. The molecule has 90 valence electrons. The molecule has 0 radical (unpaired) electrons. The lowest BCUT2D eigenvalue weighted by Crippen LogP contribution is -1.89. The highest BCUT2D eigenvalue weighted by Crippen LogP contribution is 2.28. The van der Waals surface area contributed by atoms with Gasteiger partial charge in [-0.25, -0.2) is 4.39 Å². The Labute approximate surface area is 103 Å². The van der Waals surface area contributed by atoms with Crippen LogP contribution < -0.4 is 0 Å². The van der Waals surface area contributed by atoms with Gasteiger partial charge in [-0.3, -0.25) is 9.59 Å². The predicted molar refractivity (Wildman–Crippen MR) is 64.3 cm³/mol. The maximum Gasteiger partial charge on any atom is 0.166 e. The minimum absolute atomic E-state index is 0.124. The highest BCUT2D eigenvalue weighted by atomic mass is 19.1. The summed E-state index contributed by atoms with van der Waals surface area (Å²) in [5.41, 5.74) is 1.35. The van der Waals surface area contributed by atoms with E-state index in [9.17, 15) is 19.1 Å². The van der Waals surface area contributed by atoms with Crippen LogP contribution in [0.2, 0.25) is 0 Å². The van der Waals surface area contributed by atoms with Crippen LogP contribution in [0.15, 0.2) is 36.4 Å². The molecule has 2 aromatic carbocycles. The second-order valence-electron chi connectivity index (χ2n) is 3.76. The van der Waals surface area contributed by atoms with Crippen molar-refractivity contribution in [3.63, 3.8) is 0 Å². The lowest BCUT2D eigenvalue weighted by atomic mass is 10.0. The van der Waals surface area contributed by atoms with E-state index in [1.165, 1.54) is 6.07 Å². The van der Waals surface area contributed by atoms with Crippen molar-refractivity contribution < 1.29 is 19.1 Å². The molecule has 0 aromatic heterocycles. The van der Waals surface area contributed by atoms with Gasteiger partial charge in [-0.1, -0.05) is 18.2 Å². The Bertz CT molecular complexity index is 620. The zero-order valence-corrected chi connectivity index (χ0v) is 9.26. The standard InChI is InChI=1S/C14H9FO3/c15-13-6-11(5-12(8-17)14(13)18)10-3-1-2-9(4-10)7-16/h1-8,18H. The maximum atomic E-state index is 13.4. The Morgan fingerprint density at radius 3 is 2.44 bits per heavy atom. The fraction of sp³-hybridized carbons (Fsp3) is 0. The predicted octanol–water partition coefficient (Wildman–Crippen LogP) is 2.82. The summed E-state index contributed by atoms with van der Waals surface area (Å²) < 4.78 is 13.4. The van der Waals surface area contributed by atoms with E-state index in [0.29, 0.717) is 29.3 Å². The molecule has 0 aliphatic carbocycles. The maximum absolute atomic E-state index is 13.4. The van der Waals surface area contributed by atoms with E-state index >= 15 is 0 Å². The van der Waals surface area contributed by atoms with Crippen LogP contribution in [0.25, 0.3) is 11.1 Å². The molecule has 0 heterocycles. The van der Waals surface area contributed by atoms with Crippen molar-refractivity contribution >= 4 is 12.6 Å². The van der Waals surface area contributed by atoms with Gasteiger partial charge in [0.25, 0.3) is 0 Å². The highest BCUT2D eigenvalue weighted by Gasteiger charge is 2.10. The average Bonchev–Trinajstić information content (AvgIpc) is 2.41. The SMILES string of the molecule is O=Cc1cccc(-c2cc(F)c(O)c(C=O)c2)c1. The lowest BCUT2D eigenvalue weighted by Gasteiger charge is -2.06. The number of carbonyl (C=O) groups excluding carboxylic acids is 2. The number of carbonyl (C=O) groups is 2. The summed E-state index contributed by atoms with van der Waals surface area (Å²) in [4.78, 5) is 21.4. The van der Waals surface area contributed by atoms with Gasteiger partial charge >= 0.3 is 0 Å². The third-order valence-corrected chi connectivity index (χ3v) is 2.58. The number of benzene rings is 2. The average molecular weight is 244 g/mol. The summed E-state index contributed by atoms with van der Waals surface area (Å²) in [5, 5.41) is 9.31. The summed E-state index contributed by atoms with van der Waals surface area (Å²) in [7, 11) is 0. The van der Waals surface area contributed by atoms with Crippen LogP contribution in [-0.4, -0.2) is 17.7 Å². The minimum atomic E-state index is -0.869. The first kappa shape index (κ1) is 12.0. The van der Waals surface area contributed by atoms with Gasteiger partial charge in [-0.15, -0.1) is 0 Å². The van der Waals surface area contributed by atoms with E-state index in [2.05, 4.69) is 0 Å². The smallest absolute Gasteiger partial charge is 0.166 e. The van der Waals surface area contributed by atoms with Gasteiger partial charge < -0.3 is 5.11 Å². The van der Waals surface area contributed by atoms with Crippen LogP contribution in [0.3, 0.4) is 0 Å². The van der Waals surface area contributed by atoms with Gasteiger partial charge in [0, 0.05) is 5.56 Å². The molecule has 0 fully saturated rings. The van der Waals surface area contributed by atoms with E-state index in [0.717, 1.165) is 6.07 Å². The summed E-state index contributed by atoms with van der Waals surface area (Å²) in [5.74, 6) is -1.54. The van der Waals surface area contributed by atoms with Gasteiger partial charge in [0.15, 0.2) is 17.9 Å². The van der Waals surface area contributed by atoms with Crippen molar-refractivity contribution in [2.45, 2.75) is 0 Å². The first-order valence-corrected chi connectivity index (χ1v) is 5.19. The van der Waals surface area contributed by atoms with Crippen molar-refractivity contribution in [1.82, 2.24) is 0 Å². The molecule has 0 spiro atoms. The molecule has 18 heavy (non-hydrogen) atoms. The Kier molecular flexibility index (Phi) is 3.19. The van der Waals surface area contributed by atoms with Gasteiger partial charge in [-0.2, -0.15) is 0 Å². The monoisotopic (exact) mass is 244 g/mol. The number of halogens is 1. The number of aromatic hydroxyl groups is 1. The molecule has 0 aliphatic rings. The third kappa shape index (κ3) is 2.13. The molecule has 3 nitrogen and oxygen atoms in total. The summed E-state index contributed by atoms with van der Waals surface area (Å²) in [6.07, 6.45) is 1.06. The Hall–Kier alpha value is -2.49. The number of rotatable bonds is 3. The first-order valence-electron chi connectivity index (χ1n) is 5.19. The normalized spacial score (nSPS) is 10.1. The van der Waals surface area contributed by atoms with Crippen LogP contribution in [0.5, 0.6) is 5.75 Å². The van der Waals surface area contributed by atoms with Gasteiger partial charge in [-0.05, 0) is 29.3 Å². The molecule has 0 atom stereocenters. The third-order valence-electron chi connectivity index (χ3n) is 2.58. The molecule has 2 rings (SSSR count). The number of hydrogen-bond acceptors (Lipinski definition) is 3. The Balaban J connectivity index is 2.60. The molecular weight excluding hydrogens is 235 g/mol. The van der Waals surface area contributed by atoms with Crippen LogP contribution in [0.4, 0.5) is 4.39 Å². The van der Waals surface area contributed by atoms with Crippen LogP contribution in [0, 0.1) is 5.82 Å². The van der Waals surface area contributed by atoms with Gasteiger partial charge in [0.2, 0.25) is 0 Å². The van der Waals surface area contributed by atoms with Crippen molar-refractivity contribution in [2.75, 3.05) is 0 Å². The van der Waals surface area contributed by atoms with Crippen LogP contribution >= 0.6 is 0 Å². The van der Waals surface area contributed by atoms with Crippen LogP contribution in [-0.2, 0) is 0 Å². The highest BCUT2D eigenvalue weighted by molar-refractivity contribution is 5.84. The summed E-state index contributed by atoms with van der Waals surface area (Å²) in [6, 6.07) is 9.03. The number of hydrogen-bond donors (Lipinski definition) is 1. The zero-order valence-electron chi connectivity index (χ0n) is 9.26. The number of phenols is 1. The molecule has 4 heteroatoms. The number of phenolic OH excluding ortho intramolecular Hbond substituents is 1. The van der Waals surface area contributed by atoms with Crippen molar-refractivity contribution in [3.05, 3.63) is 53.3 Å². The second kappa shape index (κ2) is 4.79. The number of aldehydes is 2. The quantitative estimate of drug-likeness (QED) is 0.844. The molecule has 2 aromatic rings. The van der Waals surface area contributed by atoms with Gasteiger partial charge in [0.05, 0.1) is 5.56 Å². The fourth-order valence-corrected chi connectivity index (χ4v) is 1.67. The van der Waals surface area contributed by atoms with Crippen molar-refractivity contribution in [2.24, 2.45) is 0 Å². The lowest BCUT2D eigenvalue weighted by molar-refractivity contribution is 0.111. The molecule has 0 aliphatic heterocycles. The fourth-order valence-electron chi connectivity index (χ4n) is 1.67. The summed E-state index contributed by atoms with van der Waals surface area (Å²) in [6.45, 7) is 0. The molecule has 0 amide bonds. The second-order valence-corrected chi connectivity index (χ2v) is 3.76. The topological polar surface area (TPSA) is 54.4 Å². The van der Waals surface area contributed by atoms with Crippen LogP contribution in [0.1, 0.15) is 20.7 Å². The Morgan fingerprint density at radius 2 is 1.78 bits per heavy atom. The van der Waals surface area contributed by atoms with E-state index in [4.69, 9.17) is 0 Å². The van der Waals surface area contributed by atoms with E-state index in [1.54, 1.807) is 24.3 Å². The molecule has 0 bridgehead atoms. The van der Waals surface area contributed by atoms with Crippen molar-refractivity contribution in [1.29, 1.82) is 0 Å². The molecule has 0 saturated heterocycles. The zero-order chi connectivity index (χ0) is 13.1. The van der Waals surface area contributed by atoms with E-state index in [-0.39, 0.29) is 5.56 Å². The summed E-state index contributed by atoms with van der Waals surface area (Å²) >= 11 is 0. The van der Waals surface area contributed by atoms with Crippen molar-refractivity contribution in [3.8, 4) is 16.9 Å². The van der Waals surface area contributed by atoms with E-state index in [1.807, 2.05) is 0 Å².